The summed E-state index contributed by atoms with van der Waals surface area (Å²) >= 11 is 0. The van der Waals surface area contributed by atoms with Crippen molar-refractivity contribution in [2.75, 3.05) is 0 Å². The molecule has 9 aromatic rings. The summed E-state index contributed by atoms with van der Waals surface area (Å²) in [7, 11) is -2.09. The Morgan fingerprint density at radius 1 is 0.423 bits per heavy atom. The molecule has 7 aromatic carbocycles. The Kier molecular flexibility index (Phi) is 6.95. The third kappa shape index (κ3) is 4.87. The molecule has 0 saturated heterocycles. The monoisotopic (exact) mass is 682 g/mol. The maximum absolute atomic E-state index is 6.40. The van der Waals surface area contributed by atoms with E-state index in [0.29, 0.717) is 0 Å². The Balaban J connectivity index is 1.11. The average Bonchev–Trinajstić information content (AvgIpc) is 3.70. The normalized spacial score (nSPS) is 13.0. The van der Waals surface area contributed by atoms with Crippen LogP contribution in [-0.2, 0) is 0 Å². The Morgan fingerprint density at radius 2 is 0.962 bits per heavy atom. The van der Waals surface area contributed by atoms with Crippen molar-refractivity contribution in [1.82, 2.24) is 9.97 Å². The molecule has 0 aliphatic carbocycles. The highest BCUT2D eigenvalue weighted by Gasteiger charge is 2.41. The lowest BCUT2D eigenvalue weighted by atomic mass is 9.96. The van der Waals surface area contributed by atoms with E-state index >= 15 is 0 Å². The number of fused-ring (bicyclic) bond motifs is 6. The van der Waals surface area contributed by atoms with Crippen molar-refractivity contribution >= 4 is 40.4 Å². The smallest absolute Gasteiger partial charge is 0.160 e. The Morgan fingerprint density at radius 3 is 1.79 bits per heavy atom. The predicted octanol–water partition coefficient (Wildman–Crippen LogP) is 11.5. The number of hydrogen-bond acceptors (Lipinski definition) is 3. The van der Waals surface area contributed by atoms with Crippen molar-refractivity contribution in [3.63, 3.8) is 0 Å². The summed E-state index contributed by atoms with van der Waals surface area (Å²) in [6, 6.07) is 60.3. The lowest BCUT2D eigenvalue weighted by Crippen LogP contribution is -2.50. The number of benzene rings is 7. The minimum absolute atomic E-state index is 0.741. The zero-order valence-corrected chi connectivity index (χ0v) is 30.0. The second-order valence-corrected chi connectivity index (χ2v) is 18.5. The van der Waals surface area contributed by atoms with Crippen molar-refractivity contribution < 1.29 is 4.42 Å². The number of para-hydroxylation sites is 2. The first kappa shape index (κ1) is 30.5. The molecule has 52 heavy (non-hydrogen) atoms. The molecule has 0 saturated carbocycles. The van der Waals surface area contributed by atoms with Gasteiger partial charge in [-0.1, -0.05) is 159 Å². The van der Waals surface area contributed by atoms with Crippen LogP contribution in [-0.4, -0.2) is 18.0 Å². The number of rotatable bonds is 5. The van der Waals surface area contributed by atoms with E-state index in [1.165, 1.54) is 27.1 Å². The van der Waals surface area contributed by atoms with Crippen molar-refractivity contribution in [2.45, 2.75) is 13.1 Å². The van der Waals surface area contributed by atoms with Crippen LogP contribution in [0.4, 0.5) is 0 Å². The van der Waals surface area contributed by atoms with Crippen molar-refractivity contribution in [2.24, 2.45) is 0 Å². The van der Waals surface area contributed by atoms with Crippen LogP contribution in [0.5, 0.6) is 0 Å². The summed E-state index contributed by atoms with van der Waals surface area (Å²) < 4.78 is 6.40. The molecule has 0 atom stereocenters. The fourth-order valence-electron chi connectivity index (χ4n) is 8.11. The second-order valence-electron chi connectivity index (χ2n) is 14.2. The van der Waals surface area contributed by atoms with Crippen LogP contribution >= 0.6 is 0 Å². The van der Waals surface area contributed by atoms with E-state index in [1.807, 2.05) is 12.1 Å². The van der Waals surface area contributed by atoms with E-state index in [9.17, 15) is 0 Å². The molecular formula is C48H34N2OSi. The minimum Gasteiger partial charge on any atom is -0.455 e. The van der Waals surface area contributed by atoms with Gasteiger partial charge in [-0.15, -0.1) is 0 Å². The molecule has 3 nitrogen and oxygen atoms in total. The number of nitrogens with zero attached hydrogens (tertiary/aromatic N) is 2. The van der Waals surface area contributed by atoms with Gasteiger partial charge in [0.1, 0.15) is 19.2 Å². The van der Waals surface area contributed by atoms with Crippen LogP contribution in [0, 0.1) is 0 Å². The van der Waals surface area contributed by atoms with Crippen LogP contribution in [0.15, 0.2) is 174 Å². The van der Waals surface area contributed by atoms with Crippen molar-refractivity contribution in [1.29, 1.82) is 0 Å². The van der Waals surface area contributed by atoms with Gasteiger partial charge in [0.15, 0.2) is 5.82 Å². The summed E-state index contributed by atoms with van der Waals surface area (Å²) in [5.74, 6) is 0.741. The molecule has 0 spiro atoms. The molecule has 4 heteroatoms. The molecule has 0 fully saturated rings. The zero-order valence-electron chi connectivity index (χ0n) is 29.0. The van der Waals surface area contributed by atoms with Crippen LogP contribution in [0.1, 0.15) is 0 Å². The summed E-state index contributed by atoms with van der Waals surface area (Å²) in [4.78, 5) is 10.9. The molecule has 0 radical (unpaired) electrons. The van der Waals surface area contributed by atoms with E-state index in [0.717, 1.165) is 72.5 Å². The first-order valence-electron chi connectivity index (χ1n) is 17.8. The SMILES string of the molecule is C[Si]1(C)c2ccccc2-c2nc(-c3cccc(-c4cccc(-c5cccc6c5oc5ccccc56)c4)c3)nc(-c3cccc(-c4ccccc4)c3)c21. The molecule has 1 aliphatic rings. The second kappa shape index (κ2) is 11.9. The van der Waals surface area contributed by atoms with E-state index in [-0.39, 0.29) is 0 Å². The van der Waals surface area contributed by atoms with Crippen molar-refractivity contribution in [3.05, 3.63) is 170 Å². The average molecular weight is 683 g/mol. The minimum atomic E-state index is -2.09. The number of furan rings is 1. The molecule has 0 N–H and O–H groups in total. The van der Waals surface area contributed by atoms with Gasteiger partial charge in [0.05, 0.1) is 11.4 Å². The molecule has 1 aliphatic heterocycles. The summed E-state index contributed by atoms with van der Waals surface area (Å²) in [6.07, 6.45) is 0. The fourth-order valence-corrected chi connectivity index (χ4v) is 11.3. The molecule has 0 amide bonds. The standard InChI is InChI=1S/C48H34N2OSi/c1-52(2)43-27-9-7-23-41(43)45-47(52)44(36-20-11-16-32(29-36)31-14-4-3-5-15-31)49-48(50-45)37-21-12-18-34(30-37)33-17-10-19-35(28-33)38-24-13-25-40-39-22-6-8-26-42(39)51-46(38)40/h3-30H,1-2H3. The van der Waals surface area contributed by atoms with Crippen LogP contribution < -0.4 is 10.4 Å². The van der Waals surface area contributed by atoms with Crippen LogP contribution in [0.25, 0.3) is 89.2 Å². The lowest BCUT2D eigenvalue weighted by molar-refractivity contribution is 0.670. The Bertz CT molecular complexity index is 2830. The fraction of sp³-hybridized carbons (Fsp3) is 0.0417. The highest BCUT2D eigenvalue weighted by atomic mass is 28.3. The van der Waals surface area contributed by atoms with Gasteiger partial charge in [-0.05, 0) is 68.0 Å². The molecule has 2 aromatic heterocycles. The maximum atomic E-state index is 6.40. The van der Waals surface area contributed by atoms with E-state index in [2.05, 4.69) is 171 Å². The first-order valence-corrected chi connectivity index (χ1v) is 20.8. The molecule has 0 bridgehead atoms. The van der Waals surface area contributed by atoms with E-state index in [4.69, 9.17) is 14.4 Å². The first-order chi connectivity index (χ1) is 25.5. The third-order valence-corrected chi connectivity index (χ3v) is 14.2. The molecule has 246 valence electrons. The highest BCUT2D eigenvalue weighted by Crippen LogP contribution is 2.38. The van der Waals surface area contributed by atoms with Gasteiger partial charge in [-0.25, -0.2) is 9.97 Å². The van der Waals surface area contributed by atoms with Gasteiger partial charge in [0.25, 0.3) is 0 Å². The summed E-state index contributed by atoms with van der Waals surface area (Å²) in [5, 5.41) is 5.00. The highest BCUT2D eigenvalue weighted by molar-refractivity contribution is 7.04. The summed E-state index contributed by atoms with van der Waals surface area (Å²) in [5.41, 5.74) is 14.1. The summed E-state index contributed by atoms with van der Waals surface area (Å²) in [6.45, 7) is 4.87. The van der Waals surface area contributed by atoms with Gasteiger partial charge in [0, 0.05) is 27.5 Å². The van der Waals surface area contributed by atoms with Gasteiger partial charge in [-0.3, -0.25) is 0 Å². The van der Waals surface area contributed by atoms with E-state index < -0.39 is 8.07 Å². The Hall–Kier alpha value is -6.36. The van der Waals surface area contributed by atoms with Crippen LogP contribution in [0.3, 0.4) is 0 Å². The van der Waals surface area contributed by atoms with Gasteiger partial charge in [0.2, 0.25) is 0 Å². The molecule has 10 rings (SSSR count). The Labute approximate surface area is 303 Å². The van der Waals surface area contributed by atoms with Gasteiger partial charge >= 0.3 is 0 Å². The topological polar surface area (TPSA) is 38.9 Å². The van der Waals surface area contributed by atoms with Crippen LogP contribution in [0.2, 0.25) is 13.1 Å². The van der Waals surface area contributed by atoms with Crippen molar-refractivity contribution in [3.8, 4) is 67.3 Å². The van der Waals surface area contributed by atoms with Gasteiger partial charge in [-0.2, -0.15) is 0 Å². The largest absolute Gasteiger partial charge is 0.455 e. The number of hydrogen-bond donors (Lipinski definition) is 0. The maximum Gasteiger partial charge on any atom is 0.160 e. The molecule has 3 heterocycles. The molecule has 0 unspecified atom stereocenters. The third-order valence-electron chi connectivity index (χ3n) is 10.7. The van der Waals surface area contributed by atoms with Gasteiger partial charge < -0.3 is 4.42 Å². The zero-order chi connectivity index (χ0) is 34.8. The quantitative estimate of drug-likeness (QED) is 0.170. The predicted molar refractivity (Wildman–Crippen MR) is 219 cm³/mol. The molecular weight excluding hydrogens is 649 g/mol. The van der Waals surface area contributed by atoms with E-state index in [1.54, 1.807) is 0 Å². The lowest BCUT2D eigenvalue weighted by Gasteiger charge is -2.22. The number of aromatic nitrogens is 2.